The average molecular weight is 257 g/mol. The second-order valence-corrected chi connectivity index (χ2v) is 8.79. The van der Waals surface area contributed by atoms with Gasteiger partial charge in [0.15, 0.2) is 0 Å². The van der Waals surface area contributed by atoms with Crippen LogP contribution in [-0.4, -0.2) is 29.0 Å². The molecule has 0 atom stereocenters. The molecule has 0 amide bonds. The summed E-state index contributed by atoms with van der Waals surface area (Å²) in [4.78, 5) is 3.81. The maximum absolute atomic E-state index is 5.88. The summed E-state index contributed by atoms with van der Waals surface area (Å²) in [6, 6.07) is 0.635. The van der Waals surface area contributed by atoms with Crippen molar-refractivity contribution in [3.63, 3.8) is 0 Å². The molecule has 0 aromatic rings. The van der Waals surface area contributed by atoms with E-state index >= 15 is 0 Å². The molecule has 0 radical (unpaired) electrons. The fourth-order valence-electron chi connectivity index (χ4n) is 3.49. The molecule has 0 bridgehead atoms. The second kappa shape index (κ2) is 6.32. The Morgan fingerprint density at radius 2 is 1.35 bits per heavy atom. The third-order valence-corrected chi connectivity index (χ3v) is 8.19. The molecule has 0 aliphatic heterocycles. The molecule has 1 N–H and O–H groups in total. The van der Waals surface area contributed by atoms with Crippen molar-refractivity contribution in [3.05, 3.63) is 0 Å². The molecule has 2 saturated carbocycles. The van der Waals surface area contributed by atoms with Gasteiger partial charge in [-0.25, -0.2) is 0 Å². The van der Waals surface area contributed by atoms with Crippen LogP contribution in [0, 0.1) is 0 Å². The minimum Gasteiger partial charge on any atom is -0.386 e. The average Bonchev–Trinajstić information content (AvgIpc) is 2.92. The van der Waals surface area contributed by atoms with Gasteiger partial charge in [-0.05, 0) is 25.7 Å². The first-order chi connectivity index (χ1) is 8.30. The van der Waals surface area contributed by atoms with Gasteiger partial charge < -0.3 is 8.85 Å². The summed E-state index contributed by atoms with van der Waals surface area (Å²) in [6.07, 6.45) is 12.0. The lowest BCUT2D eigenvalue weighted by Gasteiger charge is -2.37. The Morgan fingerprint density at radius 3 is 1.88 bits per heavy atom. The molecular weight excluding hydrogens is 230 g/mol. The van der Waals surface area contributed by atoms with E-state index in [0.29, 0.717) is 11.6 Å². The van der Waals surface area contributed by atoms with Crippen molar-refractivity contribution in [2.75, 3.05) is 14.2 Å². The minimum atomic E-state index is -2.15. The highest BCUT2D eigenvalue weighted by Crippen LogP contribution is 2.38. The Bertz CT molecular complexity index is 221. The van der Waals surface area contributed by atoms with E-state index in [9.17, 15) is 0 Å². The van der Waals surface area contributed by atoms with Crippen LogP contribution in [-0.2, 0) is 8.85 Å². The maximum Gasteiger partial charge on any atom is 0.427 e. The van der Waals surface area contributed by atoms with Crippen molar-refractivity contribution < 1.29 is 8.85 Å². The quantitative estimate of drug-likeness (QED) is 0.768. The summed E-state index contributed by atoms with van der Waals surface area (Å²) in [7, 11) is 1.53. The fourth-order valence-corrected chi connectivity index (χ4v) is 6.82. The molecule has 2 rings (SSSR count). The van der Waals surface area contributed by atoms with Crippen LogP contribution >= 0.6 is 0 Å². The van der Waals surface area contributed by atoms with Gasteiger partial charge in [0.25, 0.3) is 0 Å². The van der Waals surface area contributed by atoms with Gasteiger partial charge in [0.2, 0.25) is 0 Å². The molecule has 0 heterocycles. The SMILES string of the molecule is CO[Si](NC1CCCCC1)(OC)C1CCCC1. The number of nitrogens with one attached hydrogen (secondary N) is 1. The molecule has 0 aromatic carbocycles. The molecule has 0 spiro atoms. The highest BCUT2D eigenvalue weighted by molar-refractivity contribution is 6.66. The van der Waals surface area contributed by atoms with Gasteiger partial charge in [-0.15, -0.1) is 0 Å². The lowest BCUT2D eigenvalue weighted by molar-refractivity contribution is 0.201. The third kappa shape index (κ3) is 3.11. The molecule has 0 saturated heterocycles. The molecule has 2 fully saturated rings. The van der Waals surface area contributed by atoms with Crippen molar-refractivity contribution in [3.8, 4) is 0 Å². The summed E-state index contributed by atoms with van der Waals surface area (Å²) >= 11 is 0. The highest BCUT2D eigenvalue weighted by atomic mass is 28.4. The van der Waals surface area contributed by atoms with Crippen molar-refractivity contribution in [1.82, 2.24) is 4.98 Å². The second-order valence-electron chi connectivity index (χ2n) is 5.54. The predicted molar refractivity (Wildman–Crippen MR) is 72.0 cm³/mol. The number of hydrogen-bond acceptors (Lipinski definition) is 3. The minimum absolute atomic E-state index is 0.635. The van der Waals surface area contributed by atoms with E-state index in [2.05, 4.69) is 4.98 Å². The summed E-state index contributed by atoms with van der Waals surface area (Å²) in [5.74, 6) is 0. The van der Waals surface area contributed by atoms with Gasteiger partial charge in [-0.2, -0.15) is 0 Å². The standard InChI is InChI=1S/C13H27NO2Si/c1-15-17(16-2,13-10-6-7-11-13)14-12-8-4-3-5-9-12/h12-14H,3-11H2,1-2H3. The smallest absolute Gasteiger partial charge is 0.386 e. The van der Waals surface area contributed by atoms with E-state index in [4.69, 9.17) is 8.85 Å². The Balaban J connectivity index is 1.98. The Labute approximate surface area is 107 Å². The van der Waals surface area contributed by atoms with E-state index in [1.807, 2.05) is 14.2 Å². The first kappa shape index (κ1) is 13.5. The first-order valence-electron chi connectivity index (χ1n) is 7.19. The third-order valence-electron chi connectivity index (χ3n) is 4.51. The van der Waals surface area contributed by atoms with Gasteiger partial charge in [0.05, 0.1) is 0 Å². The fraction of sp³-hybridized carbons (Fsp3) is 1.00. The molecule has 2 aliphatic rings. The van der Waals surface area contributed by atoms with Crippen LogP contribution in [0.4, 0.5) is 0 Å². The molecule has 3 nitrogen and oxygen atoms in total. The lowest BCUT2D eigenvalue weighted by atomic mass is 9.96. The topological polar surface area (TPSA) is 30.5 Å². The highest BCUT2D eigenvalue weighted by Gasteiger charge is 2.47. The Kier molecular flexibility index (Phi) is 5.03. The summed E-state index contributed by atoms with van der Waals surface area (Å²) in [6.45, 7) is 0. The van der Waals surface area contributed by atoms with E-state index in [1.165, 1.54) is 57.8 Å². The Hall–Kier alpha value is 0.0969. The van der Waals surface area contributed by atoms with Crippen LogP contribution in [0.5, 0.6) is 0 Å². The molecular formula is C13H27NO2Si. The first-order valence-corrected chi connectivity index (χ1v) is 9.08. The van der Waals surface area contributed by atoms with Crippen LogP contribution in [0.1, 0.15) is 57.8 Å². The maximum atomic E-state index is 5.88. The zero-order valence-electron chi connectivity index (χ0n) is 11.3. The largest absolute Gasteiger partial charge is 0.427 e. The van der Waals surface area contributed by atoms with Crippen LogP contribution in [0.3, 0.4) is 0 Å². The molecule has 0 unspecified atom stereocenters. The van der Waals surface area contributed by atoms with Crippen LogP contribution in [0.25, 0.3) is 0 Å². The molecule has 100 valence electrons. The van der Waals surface area contributed by atoms with Crippen LogP contribution in [0.15, 0.2) is 0 Å². The predicted octanol–water partition coefficient (Wildman–Crippen LogP) is 3.08. The van der Waals surface area contributed by atoms with Gasteiger partial charge in [-0.1, -0.05) is 32.1 Å². The molecule has 0 aromatic heterocycles. The van der Waals surface area contributed by atoms with Gasteiger partial charge in [0, 0.05) is 25.8 Å². The summed E-state index contributed by atoms with van der Waals surface area (Å²) in [5.41, 5.74) is 0.652. The van der Waals surface area contributed by atoms with E-state index in [0.717, 1.165) is 0 Å². The van der Waals surface area contributed by atoms with Crippen molar-refractivity contribution in [2.45, 2.75) is 69.4 Å². The van der Waals surface area contributed by atoms with E-state index in [-0.39, 0.29) is 0 Å². The number of rotatable bonds is 5. The van der Waals surface area contributed by atoms with Crippen molar-refractivity contribution >= 4 is 8.72 Å². The van der Waals surface area contributed by atoms with Gasteiger partial charge in [0.1, 0.15) is 0 Å². The molecule has 17 heavy (non-hydrogen) atoms. The zero-order valence-corrected chi connectivity index (χ0v) is 12.3. The summed E-state index contributed by atoms with van der Waals surface area (Å²) < 4.78 is 11.8. The van der Waals surface area contributed by atoms with Crippen LogP contribution in [0.2, 0.25) is 5.54 Å². The summed E-state index contributed by atoms with van der Waals surface area (Å²) in [5, 5.41) is 0. The van der Waals surface area contributed by atoms with Gasteiger partial charge >= 0.3 is 8.72 Å². The van der Waals surface area contributed by atoms with E-state index < -0.39 is 8.72 Å². The van der Waals surface area contributed by atoms with E-state index in [1.54, 1.807) is 0 Å². The monoisotopic (exact) mass is 257 g/mol. The molecule has 4 heteroatoms. The Morgan fingerprint density at radius 1 is 0.824 bits per heavy atom. The zero-order chi connectivity index (χ0) is 12.1. The van der Waals surface area contributed by atoms with Crippen molar-refractivity contribution in [1.29, 1.82) is 0 Å². The lowest BCUT2D eigenvalue weighted by Crippen LogP contribution is -2.61. The number of hydrogen-bond donors (Lipinski definition) is 1. The van der Waals surface area contributed by atoms with Gasteiger partial charge in [-0.3, -0.25) is 4.98 Å². The van der Waals surface area contributed by atoms with Crippen molar-refractivity contribution in [2.24, 2.45) is 0 Å². The molecule has 2 aliphatic carbocycles. The van der Waals surface area contributed by atoms with Crippen LogP contribution < -0.4 is 4.98 Å². The normalized spacial score (nSPS) is 24.4.